The molecule has 7 rings (SSSR count). The Bertz CT molecular complexity index is 2370. The number of phenolic OH excluding ortho intramolecular Hbond substituents is 2. The van der Waals surface area contributed by atoms with E-state index in [0.717, 1.165) is 32.7 Å². The predicted octanol–water partition coefficient (Wildman–Crippen LogP) is 6.08. The zero-order chi connectivity index (χ0) is 41.2. The van der Waals surface area contributed by atoms with Gasteiger partial charge in [0.05, 0.1) is 43.2 Å². The number of benzene rings is 4. The van der Waals surface area contributed by atoms with Gasteiger partial charge in [-0.1, -0.05) is 0 Å². The number of anilines is 4. The molecule has 15 nitrogen and oxygen atoms in total. The van der Waals surface area contributed by atoms with Gasteiger partial charge >= 0.3 is 0 Å². The van der Waals surface area contributed by atoms with E-state index in [1.807, 2.05) is 0 Å². The van der Waals surface area contributed by atoms with Gasteiger partial charge in [-0.05, 0) is 63.2 Å². The predicted molar refractivity (Wildman–Crippen MR) is 218 cm³/mol. The highest BCUT2D eigenvalue weighted by atomic mass is 19.1. The number of hydrogen-bond donors (Lipinski definition) is 6. The van der Waals surface area contributed by atoms with E-state index < -0.39 is 11.6 Å². The molecule has 1 saturated heterocycles. The first-order valence-corrected chi connectivity index (χ1v) is 18.7. The number of methoxy groups -OCH3 is 2. The fourth-order valence-corrected chi connectivity index (χ4v) is 6.24. The van der Waals surface area contributed by atoms with Gasteiger partial charge in [-0.15, -0.1) is 0 Å². The first-order chi connectivity index (χ1) is 28.1. The Morgan fingerprint density at radius 3 is 1.66 bits per heavy atom. The van der Waals surface area contributed by atoms with E-state index in [4.69, 9.17) is 24.7 Å². The molecule has 0 bridgehead atoms. The van der Waals surface area contributed by atoms with Gasteiger partial charge in [-0.25, -0.2) is 28.7 Å². The fourth-order valence-electron chi connectivity index (χ4n) is 6.24. The van der Waals surface area contributed by atoms with Crippen molar-refractivity contribution in [2.75, 3.05) is 77.3 Å². The summed E-state index contributed by atoms with van der Waals surface area (Å²) in [5, 5.41) is 30.3. The number of hydrogen-bond acceptors (Lipinski definition) is 15. The second kappa shape index (κ2) is 19.2. The van der Waals surface area contributed by atoms with Gasteiger partial charge in [0.1, 0.15) is 54.0 Å². The number of aromatic hydroxyl groups is 2. The second-order valence-electron chi connectivity index (χ2n) is 13.3. The van der Waals surface area contributed by atoms with E-state index in [2.05, 4.69) is 40.8 Å². The fraction of sp³-hybridized carbons (Fsp3) is 0.317. The van der Waals surface area contributed by atoms with E-state index >= 15 is 0 Å². The maximum absolute atomic E-state index is 14.3. The van der Waals surface area contributed by atoms with Crippen LogP contribution in [-0.4, -0.2) is 102 Å². The summed E-state index contributed by atoms with van der Waals surface area (Å²) in [6, 6.07) is 12.1. The number of nitrogens with two attached hydrogens (primary N) is 1. The number of nitrogens with zero attached hydrogens (tertiary/aromatic N) is 5. The van der Waals surface area contributed by atoms with Crippen molar-refractivity contribution in [1.29, 1.82) is 0 Å². The van der Waals surface area contributed by atoms with Crippen molar-refractivity contribution in [2.24, 2.45) is 5.73 Å². The number of fused-ring (bicyclic) bond motifs is 2. The van der Waals surface area contributed by atoms with Crippen LogP contribution in [0, 0.1) is 25.5 Å². The molecule has 0 atom stereocenters. The lowest BCUT2D eigenvalue weighted by Gasteiger charge is -2.27. The van der Waals surface area contributed by atoms with Gasteiger partial charge < -0.3 is 50.8 Å². The molecule has 0 amide bonds. The van der Waals surface area contributed by atoms with E-state index in [-0.39, 0.29) is 22.9 Å². The summed E-state index contributed by atoms with van der Waals surface area (Å²) in [6.45, 7) is 9.60. The molecule has 1 aliphatic heterocycles. The monoisotopic (exact) mass is 799 g/mol. The smallest absolute Gasteiger partial charge is 0.163 e. The number of rotatable bonds is 14. The lowest BCUT2D eigenvalue weighted by molar-refractivity contribution is 0.188. The van der Waals surface area contributed by atoms with Crippen LogP contribution in [0.1, 0.15) is 17.5 Å². The van der Waals surface area contributed by atoms with Crippen molar-refractivity contribution in [3.05, 3.63) is 83.9 Å². The number of ether oxygens (including phenoxy) is 4. The van der Waals surface area contributed by atoms with E-state index in [1.165, 1.54) is 44.0 Å². The number of piperazine rings is 1. The van der Waals surface area contributed by atoms with Crippen LogP contribution in [0.4, 0.5) is 31.8 Å². The highest BCUT2D eigenvalue weighted by Crippen LogP contribution is 2.38. The molecule has 1 fully saturated rings. The molecule has 7 N–H and O–H groups in total. The maximum atomic E-state index is 14.3. The maximum Gasteiger partial charge on any atom is 0.163 e. The van der Waals surface area contributed by atoms with Gasteiger partial charge in [0.15, 0.2) is 23.0 Å². The van der Waals surface area contributed by atoms with Crippen molar-refractivity contribution in [1.82, 2.24) is 30.2 Å². The van der Waals surface area contributed by atoms with Crippen LogP contribution in [0.3, 0.4) is 0 Å². The minimum atomic E-state index is -0.495. The normalized spacial score (nSPS) is 12.8. The van der Waals surface area contributed by atoms with E-state index in [0.29, 0.717) is 93.7 Å². The van der Waals surface area contributed by atoms with Crippen LogP contribution in [0.2, 0.25) is 0 Å². The van der Waals surface area contributed by atoms with Crippen LogP contribution >= 0.6 is 0 Å². The Balaban J connectivity index is 0.000000198. The third kappa shape index (κ3) is 9.62. The summed E-state index contributed by atoms with van der Waals surface area (Å²) < 4.78 is 51.2. The average Bonchev–Trinajstić information content (AvgIpc) is 3.24. The standard InChI is InChI=1S/C22H26FN5O3.C19H21FN4O3/c1-14-18(29)4-3-16(23)21(14)27-22-15-11-19(30-2)20(12-17(15)25-13-26-22)31-10-9-28-7-5-24-6-8-28;1-11-15(25)5-4-13(20)18(11)24-19-12-8-16(26-2)17(27-7-3-6-21)9-14(12)22-10-23-19/h3-4,11-13,24,29H,5-10H2,1-2H3,(H,25,26,27);4-5,8-10,25H,3,6-7,21H2,1-2H3,(H,22,23,24). The first kappa shape index (κ1) is 41.3. The molecule has 4 aromatic carbocycles. The van der Waals surface area contributed by atoms with Gasteiger partial charge in [-0.2, -0.15) is 0 Å². The van der Waals surface area contributed by atoms with Gasteiger partial charge in [0, 0.05) is 66.8 Å². The van der Waals surface area contributed by atoms with Crippen molar-refractivity contribution < 1.29 is 37.9 Å². The Morgan fingerprint density at radius 1 is 0.707 bits per heavy atom. The molecule has 0 unspecified atom stereocenters. The van der Waals surface area contributed by atoms with Crippen LogP contribution in [0.5, 0.6) is 34.5 Å². The quantitative estimate of drug-likeness (QED) is 0.0694. The summed E-state index contributed by atoms with van der Waals surface area (Å²) in [7, 11) is 3.10. The minimum Gasteiger partial charge on any atom is -0.508 e. The van der Waals surface area contributed by atoms with E-state index in [1.54, 1.807) is 45.2 Å². The first-order valence-electron chi connectivity index (χ1n) is 18.7. The number of phenols is 2. The Labute approximate surface area is 334 Å². The zero-order valence-electron chi connectivity index (χ0n) is 32.7. The highest BCUT2D eigenvalue weighted by Gasteiger charge is 2.18. The molecule has 1 aliphatic rings. The summed E-state index contributed by atoms with van der Waals surface area (Å²) in [5.74, 6) is 1.99. The summed E-state index contributed by atoms with van der Waals surface area (Å²) in [6.07, 6.45) is 3.49. The van der Waals surface area contributed by atoms with Gasteiger partial charge in [0.25, 0.3) is 0 Å². The molecule has 0 radical (unpaired) electrons. The molecular weight excluding hydrogens is 753 g/mol. The molecule has 0 spiro atoms. The summed E-state index contributed by atoms with van der Waals surface area (Å²) in [4.78, 5) is 19.4. The van der Waals surface area contributed by atoms with Crippen LogP contribution in [-0.2, 0) is 0 Å². The summed E-state index contributed by atoms with van der Waals surface area (Å²) >= 11 is 0. The second-order valence-corrected chi connectivity index (χ2v) is 13.3. The lowest BCUT2D eigenvalue weighted by Crippen LogP contribution is -2.44. The van der Waals surface area contributed by atoms with E-state index in [9.17, 15) is 19.0 Å². The van der Waals surface area contributed by atoms with Crippen molar-refractivity contribution >= 4 is 44.8 Å². The Kier molecular flexibility index (Phi) is 13.7. The van der Waals surface area contributed by atoms with Crippen LogP contribution in [0.15, 0.2) is 61.2 Å². The zero-order valence-corrected chi connectivity index (χ0v) is 32.7. The molecule has 0 aliphatic carbocycles. The van der Waals surface area contributed by atoms with Crippen molar-refractivity contribution in [3.8, 4) is 34.5 Å². The molecule has 6 aromatic rings. The Morgan fingerprint density at radius 2 is 1.19 bits per heavy atom. The van der Waals surface area contributed by atoms with Crippen molar-refractivity contribution in [2.45, 2.75) is 20.3 Å². The molecule has 2 aromatic heterocycles. The van der Waals surface area contributed by atoms with Gasteiger partial charge in [0.2, 0.25) is 0 Å². The molecule has 17 heteroatoms. The SMILES string of the molecule is COc1cc2c(Nc3c(F)ccc(O)c3C)ncnc2cc1OCCCN.COc1cc2c(Nc3c(F)ccc(O)c3C)ncnc2cc1OCCN1CCNCC1. The molecule has 0 saturated carbocycles. The van der Waals surface area contributed by atoms with Gasteiger partial charge in [-0.3, -0.25) is 4.90 Å². The number of nitrogens with one attached hydrogen (secondary N) is 3. The minimum absolute atomic E-state index is 0.0000141. The third-order valence-electron chi connectivity index (χ3n) is 9.58. The van der Waals surface area contributed by atoms with Crippen LogP contribution < -0.4 is 40.6 Å². The summed E-state index contributed by atoms with van der Waals surface area (Å²) in [5.41, 5.74) is 7.82. The lowest BCUT2D eigenvalue weighted by atomic mass is 10.1. The molecule has 58 heavy (non-hydrogen) atoms. The molecule has 3 heterocycles. The average molecular weight is 800 g/mol. The van der Waals surface area contributed by atoms with Crippen LogP contribution in [0.25, 0.3) is 21.8 Å². The Hall–Kier alpha value is -6.30. The highest BCUT2D eigenvalue weighted by molar-refractivity contribution is 5.94. The van der Waals surface area contributed by atoms with Crippen molar-refractivity contribution in [3.63, 3.8) is 0 Å². The topological polar surface area (TPSA) is 194 Å². The molecule has 306 valence electrons. The number of aromatic nitrogens is 4. The molecular formula is C41H47F2N9O6. The largest absolute Gasteiger partial charge is 0.508 e. The number of halogens is 2. The third-order valence-corrected chi connectivity index (χ3v) is 9.58.